The Morgan fingerprint density at radius 1 is 0.944 bits per heavy atom. The molecule has 2 N–H and O–H groups in total. The number of ether oxygens (including phenoxy) is 1. The van der Waals surface area contributed by atoms with Gasteiger partial charge in [-0.2, -0.15) is 26.3 Å². The zero-order valence-electron chi connectivity index (χ0n) is 18.0. The van der Waals surface area contributed by atoms with Crippen LogP contribution in [0.5, 0.6) is 5.75 Å². The van der Waals surface area contributed by atoms with Crippen molar-refractivity contribution in [3.05, 3.63) is 58.1 Å². The minimum absolute atomic E-state index is 0.0257. The molecule has 2 aromatic rings. The van der Waals surface area contributed by atoms with E-state index in [1.54, 1.807) is 0 Å². The maximum absolute atomic E-state index is 13.1. The fourth-order valence-electron chi connectivity index (χ4n) is 3.46. The predicted molar refractivity (Wildman–Crippen MR) is 114 cm³/mol. The highest BCUT2D eigenvalue weighted by atomic mass is 35.5. The second kappa shape index (κ2) is 10.2. The van der Waals surface area contributed by atoms with Gasteiger partial charge in [-0.15, -0.1) is 0 Å². The first-order valence-corrected chi connectivity index (χ1v) is 10.6. The van der Waals surface area contributed by atoms with Crippen LogP contribution in [0.4, 0.5) is 36.8 Å². The quantitative estimate of drug-likeness (QED) is 0.471. The van der Waals surface area contributed by atoms with E-state index in [1.165, 1.54) is 11.0 Å². The van der Waals surface area contributed by atoms with Gasteiger partial charge in [0.15, 0.2) is 0 Å². The van der Waals surface area contributed by atoms with Crippen LogP contribution in [-0.2, 0) is 17.1 Å². The number of piperidine rings is 1. The number of hydrogen-bond acceptors (Lipinski definition) is 4. The molecule has 7 nitrogen and oxygen atoms in total. The number of halogens is 7. The molecule has 1 fully saturated rings. The highest BCUT2D eigenvalue weighted by molar-refractivity contribution is 6.31. The summed E-state index contributed by atoms with van der Waals surface area (Å²) in [4.78, 5) is 37.6. The van der Waals surface area contributed by atoms with Gasteiger partial charge < -0.3 is 20.1 Å². The molecule has 2 amide bonds. The number of aliphatic carboxylic acids is 1. The van der Waals surface area contributed by atoms with Gasteiger partial charge in [-0.3, -0.25) is 9.59 Å². The molecule has 14 heteroatoms. The lowest BCUT2D eigenvalue weighted by Gasteiger charge is -2.29. The van der Waals surface area contributed by atoms with E-state index in [2.05, 4.69) is 0 Å². The first-order chi connectivity index (χ1) is 16.6. The Balaban J connectivity index is 1.84. The molecule has 2 aromatic carbocycles. The third-order valence-corrected chi connectivity index (χ3v) is 5.57. The monoisotopic (exact) mass is 538 g/mol. The summed E-state index contributed by atoms with van der Waals surface area (Å²) < 4.78 is 83.9. The largest absolute Gasteiger partial charge is 0.481 e. The summed E-state index contributed by atoms with van der Waals surface area (Å²) in [5.41, 5.74) is -4.48. The van der Waals surface area contributed by atoms with Gasteiger partial charge in [0.25, 0.3) is 5.91 Å². The van der Waals surface area contributed by atoms with Gasteiger partial charge >= 0.3 is 24.4 Å². The standard InChI is InChI=1S/C22H17ClF6N2O5/c23-14-1-2-17(36-20(35)31-5-3-11(4-6-31)19(33)34)16(10-14)18(32)30-15-8-12(21(24,25)26)7-13(9-15)22(27,28)29/h1-2,7-11H,3-6H2,(H,30,32)(H,33,34). The molecule has 3 rings (SSSR count). The number of carbonyl (C=O) groups excluding carboxylic acids is 2. The van der Waals surface area contributed by atoms with Crippen LogP contribution >= 0.6 is 11.6 Å². The van der Waals surface area contributed by atoms with Crippen molar-refractivity contribution >= 4 is 35.3 Å². The van der Waals surface area contributed by atoms with Gasteiger partial charge in [-0.05, 0) is 49.2 Å². The molecule has 0 radical (unpaired) electrons. The molecule has 0 aromatic heterocycles. The van der Waals surface area contributed by atoms with Crippen LogP contribution in [0.2, 0.25) is 5.02 Å². The van der Waals surface area contributed by atoms with Gasteiger partial charge in [0.05, 0.1) is 22.6 Å². The van der Waals surface area contributed by atoms with Crippen molar-refractivity contribution in [3.8, 4) is 5.75 Å². The third-order valence-electron chi connectivity index (χ3n) is 5.33. The summed E-state index contributed by atoms with van der Waals surface area (Å²) in [6.07, 6.45) is -10.8. The maximum atomic E-state index is 13.1. The van der Waals surface area contributed by atoms with Crippen molar-refractivity contribution in [3.63, 3.8) is 0 Å². The number of carboxylic acids is 1. The van der Waals surface area contributed by atoms with Gasteiger partial charge in [-0.1, -0.05) is 11.6 Å². The van der Waals surface area contributed by atoms with Gasteiger partial charge in [0, 0.05) is 23.8 Å². The van der Waals surface area contributed by atoms with Crippen LogP contribution in [0, 0.1) is 5.92 Å². The number of nitrogens with zero attached hydrogens (tertiary/aromatic N) is 1. The summed E-state index contributed by atoms with van der Waals surface area (Å²) in [6, 6.07) is 3.98. The number of anilines is 1. The highest BCUT2D eigenvalue weighted by Gasteiger charge is 2.37. The fraction of sp³-hybridized carbons (Fsp3) is 0.318. The van der Waals surface area contributed by atoms with E-state index in [0.717, 1.165) is 12.1 Å². The van der Waals surface area contributed by atoms with Crippen LogP contribution in [0.3, 0.4) is 0 Å². The number of rotatable bonds is 4. The number of alkyl halides is 6. The minimum atomic E-state index is -5.12. The fourth-order valence-corrected chi connectivity index (χ4v) is 3.63. The lowest BCUT2D eigenvalue weighted by atomic mass is 9.97. The summed E-state index contributed by atoms with van der Waals surface area (Å²) in [5, 5.41) is 11.0. The van der Waals surface area contributed by atoms with Gasteiger partial charge in [0.1, 0.15) is 5.75 Å². The number of carbonyl (C=O) groups is 3. The second-order valence-electron chi connectivity index (χ2n) is 7.86. The Morgan fingerprint density at radius 2 is 1.50 bits per heavy atom. The van der Waals surface area contributed by atoms with Crippen molar-refractivity contribution in [1.82, 2.24) is 4.90 Å². The zero-order chi connectivity index (χ0) is 26.8. The minimum Gasteiger partial charge on any atom is -0.481 e. The molecule has 0 unspecified atom stereocenters. The number of benzene rings is 2. The van der Waals surface area contributed by atoms with E-state index in [9.17, 15) is 40.7 Å². The van der Waals surface area contributed by atoms with Gasteiger partial charge in [-0.25, -0.2) is 4.79 Å². The Labute approximate surface area is 204 Å². The van der Waals surface area contributed by atoms with Crippen molar-refractivity contribution in [2.24, 2.45) is 5.92 Å². The summed E-state index contributed by atoms with van der Waals surface area (Å²) in [5.74, 6) is -3.16. The summed E-state index contributed by atoms with van der Waals surface area (Å²) in [7, 11) is 0. The summed E-state index contributed by atoms with van der Waals surface area (Å²) >= 11 is 5.88. The van der Waals surface area contributed by atoms with Crippen molar-refractivity contribution in [1.29, 1.82) is 0 Å². The van der Waals surface area contributed by atoms with Crippen LogP contribution in [-0.4, -0.2) is 41.1 Å². The van der Waals surface area contributed by atoms with E-state index in [-0.39, 0.29) is 42.8 Å². The Morgan fingerprint density at radius 3 is 2.00 bits per heavy atom. The molecule has 0 bridgehead atoms. The normalized spacial score (nSPS) is 14.9. The molecule has 194 valence electrons. The zero-order valence-corrected chi connectivity index (χ0v) is 18.8. The Hall–Kier alpha value is -3.48. The van der Waals surface area contributed by atoms with E-state index in [0.29, 0.717) is 12.1 Å². The van der Waals surface area contributed by atoms with Crippen LogP contribution in [0.25, 0.3) is 0 Å². The molecule has 0 aliphatic carbocycles. The van der Waals surface area contributed by atoms with E-state index in [4.69, 9.17) is 21.4 Å². The van der Waals surface area contributed by atoms with Crippen LogP contribution in [0.15, 0.2) is 36.4 Å². The predicted octanol–water partition coefficient (Wildman–Crippen LogP) is 5.93. The number of hydrogen-bond donors (Lipinski definition) is 2. The lowest BCUT2D eigenvalue weighted by molar-refractivity contribution is -0.144. The molecule has 1 saturated heterocycles. The lowest BCUT2D eigenvalue weighted by Crippen LogP contribution is -2.41. The average molecular weight is 539 g/mol. The molecule has 1 aliphatic rings. The number of carboxylic acid groups (broad SMARTS) is 1. The first-order valence-electron chi connectivity index (χ1n) is 10.2. The van der Waals surface area contributed by atoms with Crippen LogP contribution in [0.1, 0.15) is 34.3 Å². The number of likely N-dealkylation sites (tertiary alicyclic amines) is 1. The van der Waals surface area contributed by atoms with E-state index < -0.39 is 58.6 Å². The van der Waals surface area contributed by atoms with E-state index in [1.807, 2.05) is 5.32 Å². The molecule has 0 saturated carbocycles. The number of nitrogens with one attached hydrogen (secondary N) is 1. The molecular formula is C22H17ClF6N2O5. The number of amides is 2. The first kappa shape index (κ1) is 27.1. The topological polar surface area (TPSA) is 95.9 Å². The molecule has 0 atom stereocenters. The smallest absolute Gasteiger partial charge is 0.416 e. The SMILES string of the molecule is O=C(Nc1cc(C(F)(F)F)cc(C(F)(F)F)c1)c1cc(Cl)ccc1OC(=O)N1CCC(C(=O)O)CC1. The van der Waals surface area contributed by atoms with Crippen molar-refractivity contribution < 1.29 is 50.6 Å². The molecule has 1 heterocycles. The Kier molecular flexibility index (Phi) is 7.72. The molecule has 36 heavy (non-hydrogen) atoms. The highest BCUT2D eigenvalue weighted by Crippen LogP contribution is 2.38. The summed E-state index contributed by atoms with van der Waals surface area (Å²) in [6.45, 7) is 0.130. The van der Waals surface area contributed by atoms with E-state index >= 15 is 0 Å². The molecule has 1 aliphatic heterocycles. The van der Waals surface area contributed by atoms with Crippen LogP contribution < -0.4 is 10.1 Å². The van der Waals surface area contributed by atoms with Gasteiger partial charge in [0.2, 0.25) is 0 Å². The maximum Gasteiger partial charge on any atom is 0.416 e. The Bertz CT molecular complexity index is 1140. The molecule has 0 spiro atoms. The van der Waals surface area contributed by atoms with Crippen molar-refractivity contribution in [2.75, 3.05) is 18.4 Å². The average Bonchev–Trinajstić information content (AvgIpc) is 2.78. The second-order valence-corrected chi connectivity index (χ2v) is 8.29. The third kappa shape index (κ3) is 6.59. The molecular weight excluding hydrogens is 522 g/mol. The van der Waals surface area contributed by atoms with Crippen molar-refractivity contribution in [2.45, 2.75) is 25.2 Å².